The van der Waals surface area contributed by atoms with Crippen LogP contribution < -0.4 is 0 Å². The monoisotopic (exact) mass is 443 g/mol. The van der Waals surface area contributed by atoms with Crippen molar-refractivity contribution in [2.45, 2.75) is 18.1 Å². The minimum atomic E-state index is -3.47. The van der Waals surface area contributed by atoms with Crippen molar-refractivity contribution in [3.63, 3.8) is 0 Å². The Kier molecular flexibility index (Phi) is 6.08. The standard InChI is InChI=1S/C21H19F2N5O4/c22-21(23,14-5-2-1-3-6-14)18(29)11-8-15-13-31-20(30)28(15)12-4-7-16-9-10-17(32-16)19-24-26-27-25-19/h1-11,15,18,29H,12-13H2,(H,24,25,26,27)/b7-4+,11-8+. The van der Waals surface area contributed by atoms with Crippen molar-refractivity contribution >= 4 is 12.2 Å². The number of aliphatic hydroxyl groups excluding tert-OH is 1. The Hall–Kier alpha value is -3.86. The molecule has 4 rings (SSSR count). The van der Waals surface area contributed by atoms with Gasteiger partial charge in [0.25, 0.3) is 0 Å². The molecule has 1 saturated heterocycles. The van der Waals surface area contributed by atoms with Crippen molar-refractivity contribution in [3.8, 4) is 11.6 Å². The van der Waals surface area contributed by atoms with Gasteiger partial charge in [0.15, 0.2) is 5.76 Å². The first-order chi connectivity index (χ1) is 15.4. The van der Waals surface area contributed by atoms with Gasteiger partial charge in [-0.05, 0) is 23.4 Å². The van der Waals surface area contributed by atoms with E-state index in [1.54, 1.807) is 30.4 Å². The lowest BCUT2D eigenvalue weighted by atomic mass is 10.0. The van der Waals surface area contributed by atoms with Crippen LogP contribution in [0.1, 0.15) is 11.3 Å². The highest BCUT2D eigenvalue weighted by Gasteiger charge is 2.39. The highest BCUT2D eigenvalue weighted by molar-refractivity contribution is 5.71. The Morgan fingerprint density at radius 2 is 2.09 bits per heavy atom. The summed E-state index contributed by atoms with van der Waals surface area (Å²) in [7, 11) is 0. The Morgan fingerprint density at radius 1 is 1.28 bits per heavy atom. The summed E-state index contributed by atoms with van der Waals surface area (Å²) in [6, 6.07) is 9.83. The number of aromatic nitrogens is 4. The molecular weight excluding hydrogens is 424 g/mol. The summed E-state index contributed by atoms with van der Waals surface area (Å²) in [5, 5.41) is 23.4. The Labute approximate surface area is 181 Å². The lowest BCUT2D eigenvalue weighted by Gasteiger charge is -2.21. The third-order valence-corrected chi connectivity index (χ3v) is 4.83. The number of ether oxygens (including phenoxy) is 1. The molecule has 0 bridgehead atoms. The topological polar surface area (TPSA) is 117 Å². The van der Waals surface area contributed by atoms with Crippen LogP contribution in [0.5, 0.6) is 0 Å². The second-order valence-corrected chi connectivity index (χ2v) is 6.96. The van der Waals surface area contributed by atoms with Gasteiger partial charge in [0.2, 0.25) is 5.82 Å². The predicted molar refractivity (Wildman–Crippen MR) is 108 cm³/mol. The molecule has 2 atom stereocenters. The lowest BCUT2D eigenvalue weighted by Crippen LogP contribution is -2.33. The van der Waals surface area contributed by atoms with Crippen LogP contribution in [0.25, 0.3) is 17.7 Å². The molecule has 1 fully saturated rings. The highest BCUT2D eigenvalue weighted by atomic mass is 19.3. The average molecular weight is 443 g/mol. The van der Waals surface area contributed by atoms with Gasteiger partial charge < -0.3 is 14.3 Å². The SMILES string of the molecule is O=C1OCC(/C=C/C(O)C(F)(F)c2ccccc2)N1C/C=C/c1ccc(-c2nn[nH]n2)o1. The number of amides is 1. The zero-order chi connectivity index (χ0) is 22.6. The fraction of sp³-hybridized carbons (Fsp3) is 0.238. The second-order valence-electron chi connectivity index (χ2n) is 6.96. The number of aromatic amines is 1. The number of rotatable bonds is 8. The number of furan rings is 1. The normalized spacial score (nSPS) is 18.0. The van der Waals surface area contributed by atoms with E-state index in [1.165, 1.54) is 35.2 Å². The van der Waals surface area contributed by atoms with Crippen molar-refractivity contribution in [2.24, 2.45) is 0 Å². The maximum atomic E-state index is 14.4. The number of nitrogens with zero attached hydrogens (tertiary/aromatic N) is 4. The van der Waals surface area contributed by atoms with Gasteiger partial charge in [0, 0.05) is 12.1 Å². The van der Waals surface area contributed by atoms with Crippen molar-refractivity contribution in [3.05, 3.63) is 72.0 Å². The van der Waals surface area contributed by atoms with E-state index >= 15 is 0 Å². The van der Waals surface area contributed by atoms with Gasteiger partial charge in [0.05, 0.1) is 6.04 Å². The molecule has 1 aliphatic heterocycles. The van der Waals surface area contributed by atoms with Gasteiger partial charge in [0.1, 0.15) is 18.5 Å². The maximum absolute atomic E-state index is 14.4. The van der Waals surface area contributed by atoms with Crippen LogP contribution in [0.15, 0.2) is 65.1 Å². The molecule has 166 valence electrons. The number of carbonyl (C=O) groups is 1. The Bertz CT molecular complexity index is 1100. The zero-order valence-corrected chi connectivity index (χ0v) is 16.6. The Morgan fingerprint density at radius 3 is 2.84 bits per heavy atom. The summed E-state index contributed by atoms with van der Waals surface area (Å²) in [4.78, 5) is 13.4. The average Bonchev–Trinajstić information content (AvgIpc) is 3.55. The molecule has 2 unspecified atom stereocenters. The van der Waals surface area contributed by atoms with Crippen LogP contribution in [-0.4, -0.2) is 62.0 Å². The predicted octanol–water partition coefficient (Wildman–Crippen LogP) is 3.00. The number of alkyl halides is 2. The number of hydrogen-bond donors (Lipinski definition) is 2. The van der Waals surface area contributed by atoms with Gasteiger partial charge in [-0.2, -0.15) is 14.0 Å². The second kappa shape index (κ2) is 9.10. The van der Waals surface area contributed by atoms with Gasteiger partial charge in [-0.1, -0.05) is 48.6 Å². The first-order valence-corrected chi connectivity index (χ1v) is 9.68. The number of cyclic esters (lactones) is 1. The molecule has 3 aromatic rings. The third-order valence-electron chi connectivity index (χ3n) is 4.83. The molecule has 2 N–H and O–H groups in total. The Balaban J connectivity index is 1.38. The largest absolute Gasteiger partial charge is 0.453 e. The highest BCUT2D eigenvalue weighted by Crippen LogP contribution is 2.32. The molecule has 1 amide bonds. The molecule has 3 heterocycles. The number of tetrazole rings is 1. The maximum Gasteiger partial charge on any atom is 0.410 e. The molecule has 0 radical (unpaired) electrons. The van der Waals surface area contributed by atoms with Gasteiger partial charge >= 0.3 is 12.0 Å². The molecule has 0 aliphatic carbocycles. The number of H-pyrrole nitrogens is 1. The summed E-state index contributed by atoms with van der Waals surface area (Å²) in [6.07, 6.45) is 3.02. The molecule has 2 aromatic heterocycles. The molecule has 0 spiro atoms. The van der Waals surface area contributed by atoms with E-state index in [4.69, 9.17) is 9.15 Å². The smallest absolute Gasteiger partial charge is 0.410 e. The van der Waals surface area contributed by atoms with Crippen LogP contribution >= 0.6 is 0 Å². The fourth-order valence-corrected chi connectivity index (χ4v) is 3.13. The molecular formula is C21H19F2N5O4. The number of carbonyl (C=O) groups excluding carboxylic acids is 1. The fourth-order valence-electron chi connectivity index (χ4n) is 3.13. The molecule has 1 aromatic carbocycles. The van der Waals surface area contributed by atoms with Crippen LogP contribution in [0.2, 0.25) is 0 Å². The first kappa shape index (κ1) is 21.4. The van der Waals surface area contributed by atoms with Crippen molar-refractivity contribution in [1.82, 2.24) is 25.5 Å². The molecule has 0 saturated carbocycles. The summed E-state index contributed by atoms with van der Waals surface area (Å²) >= 11 is 0. The summed E-state index contributed by atoms with van der Waals surface area (Å²) in [5.74, 6) is -2.24. The van der Waals surface area contributed by atoms with E-state index in [0.29, 0.717) is 17.3 Å². The van der Waals surface area contributed by atoms with Gasteiger partial charge in [-0.3, -0.25) is 4.90 Å². The number of aliphatic hydroxyl groups is 1. The van der Waals surface area contributed by atoms with E-state index in [1.807, 2.05) is 0 Å². The summed E-state index contributed by atoms with van der Waals surface area (Å²) in [5.41, 5.74) is -0.297. The van der Waals surface area contributed by atoms with Gasteiger partial charge in [-0.15, -0.1) is 10.2 Å². The minimum absolute atomic E-state index is 0.00443. The van der Waals surface area contributed by atoms with E-state index in [2.05, 4.69) is 20.6 Å². The van der Waals surface area contributed by atoms with Crippen LogP contribution in [-0.2, 0) is 10.7 Å². The number of halogens is 2. The first-order valence-electron chi connectivity index (χ1n) is 9.68. The quantitative estimate of drug-likeness (QED) is 0.514. The van der Waals surface area contributed by atoms with E-state index in [0.717, 1.165) is 6.08 Å². The molecule has 9 nitrogen and oxygen atoms in total. The number of benzene rings is 1. The van der Waals surface area contributed by atoms with Crippen LogP contribution in [0.3, 0.4) is 0 Å². The van der Waals surface area contributed by atoms with Crippen molar-refractivity contribution in [2.75, 3.05) is 13.2 Å². The summed E-state index contributed by atoms with van der Waals surface area (Å²) < 4.78 is 39.5. The van der Waals surface area contributed by atoms with Gasteiger partial charge in [-0.25, -0.2) is 4.79 Å². The number of hydrogen-bond acceptors (Lipinski definition) is 7. The molecule has 1 aliphatic rings. The third kappa shape index (κ3) is 4.57. The zero-order valence-electron chi connectivity index (χ0n) is 16.6. The van der Waals surface area contributed by atoms with Crippen molar-refractivity contribution < 1.29 is 27.8 Å². The van der Waals surface area contributed by atoms with E-state index in [9.17, 15) is 18.7 Å². The van der Waals surface area contributed by atoms with E-state index in [-0.39, 0.29) is 18.7 Å². The van der Waals surface area contributed by atoms with E-state index < -0.39 is 24.2 Å². The number of nitrogens with one attached hydrogen (secondary N) is 1. The molecule has 32 heavy (non-hydrogen) atoms. The van der Waals surface area contributed by atoms with Crippen LogP contribution in [0, 0.1) is 0 Å². The lowest BCUT2D eigenvalue weighted by molar-refractivity contribution is -0.0929. The van der Waals surface area contributed by atoms with Crippen molar-refractivity contribution in [1.29, 1.82) is 0 Å². The summed E-state index contributed by atoms with van der Waals surface area (Å²) in [6.45, 7) is 0.146. The molecule has 11 heteroatoms. The van der Waals surface area contributed by atoms with Crippen LogP contribution in [0.4, 0.5) is 13.6 Å². The minimum Gasteiger partial charge on any atom is -0.453 e.